The van der Waals surface area contributed by atoms with Gasteiger partial charge in [-0.15, -0.1) is 0 Å². The van der Waals surface area contributed by atoms with Crippen LogP contribution < -0.4 is 5.32 Å². The van der Waals surface area contributed by atoms with Crippen molar-refractivity contribution in [2.24, 2.45) is 0 Å². The Kier molecular flexibility index (Phi) is 8.77. The normalized spacial score (nSPS) is 22.9. The van der Waals surface area contributed by atoms with Crippen LogP contribution in [-0.4, -0.2) is 91.2 Å². The number of benzene rings is 1. The number of phenolic OH excluding ortho intramolecular Hbond substituents is 1. The van der Waals surface area contributed by atoms with Gasteiger partial charge in [-0.1, -0.05) is 12.1 Å². The van der Waals surface area contributed by atoms with Gasteiger partial charge in [0.05, 0.1) is 25.8 Å². The molecule has 9 heteroatoms. The Balaban J connectivity index is 2.60. The molecule has 32 heavy (non-hydrogen) atoms. The molecule has 0 aromatic heterocycles. The van der Waals surface area contributed by atoms with E-state index >= 15 is 0 Å². The molecule has 0 amide bonds. The predicted molar refractivity (Wildman–Crippen MR) is 119 cm³/mol. The minimum absolute atomic E-state index is 0.0347. The molecule has 0 aliphatic carbocycles. The number of ketones is 1. The summed E-state index contributed by atoms with van der Waals surface area (Å²) in [4.78, 5) is 40.9. The first-order valence-corrected chi connectivity index (χ1v) is 10.8. The Morgan fingerprint density at radius 2 is 1.38 bits per heavy atom. The highest BCUT2D eigenvalue weighted by Crippen LogP contribution is 2.30. The maximum Gasteiger partial charge on any atom is 0.322 e. The predicted octanol–water partition coefficient (Wildman–Crippen LogP) is 0.895. The summed E-state index contributed by atoms with van der Waals surface area (Å²) in [6.07, 6.45) is 0. The lowest BCUT2D eigenvalue weighted by atomic mass is 9.86. The molecular weight excluding hydrogens is 414 g/mol. The molecule has 178 valence electrons. The highest BCUT2D eigenvalue weighted by atomic mass is 16.5. The molecule has 2 N–H and O–H groups in total. The van der Waals surface area contributed by atoms with Crippen LogP contribution in [0.4, 0.5) is 0 Å². The zero-order valence-corrected chi connectivity index (χ0v) is 19.8. The minimum Gasteiger partial charge on any atom is -0.508 e. The summed E-state index contributed by atoms with van der Waals surface area (Å²) in [5.74, 6) is -0.637. The topological polar surface area (TPSA) is 108 Å². The average Bonchev–Trinajstić information content (AvgIpc) is 2.97. The number of hydrogen-bond donors (Lipinski definition) is 2. The van der Waals surface area contributed by atoms with E-state index in [-0.39, 0.29) is 23.5 Å². The number of esters is 2. The van der Waals surface area contributed by atoms with E-state index in [1.54, 1.807) is 45.0 Å². The molecule has 1 aliphatic heterocycles. The van der Waals surface area contributed by atoms with Gasteiger partial charge in [-0.2, -0.15) is 0 Å². The number of ether oxygens (including phenoxy) is 2. The van der Waals surface area contributed by atoms with Crippen LogP contribution in [0.3, 0.4) is 0 Å². The number of methoxy groups -OCH3 is 2. The van der Waals surface area contributed by atoms with E-state index in [0.29, 0.717) is 26.2 Å². The average molecular weight is 450 g/mol. The number of nitrogens with one attached hydrogen (secondary N) is 1. The third-order valence-corrected chi connectivity index (χ3v) is 6.32. The molecule has 0 saturated carbocycles. The quantitative estimate of drug-likeness (QED) is 0.560. The van der Waals surface area contributed by atoms with E-state index in [4.69, 9.17) is 9.47 Å². The molecular formula is C23H35N3O6. The Bertz CT molecular complexity index is 780. The van der Waals surface area contributed by atoms with Gasteiger partial charge in [0, 0.05) is 26.2 Å². The molecule has 4 atom stereocenters. The SMILES string of the molecule is COC(=O)[C@@H](C)N1CCN([C@@H](C)C(=O)OC)CC(N[C@H](C)C(C)=O)(c2ccc(O)cc2)C1. The molecule has 1 saturated heterocycles. The second kappa shape index (κ2) is 10.9. The van der Waals surface area contributed by atoms with Gasteiger partial charge < -0.3 is 14.6 Å². The van der Waals surface area contributed by atoms with E-state index < -0.39 is 23.7 Å². The van der Waals surface area contributed by atoms with Gasteiger partial charge >= 0.3 is 11.9 Å². The third-order valence-electron chi connectivity index (χ3n) is 6.32. The maximum absolute atomic E-state index is 12.4. The standard InChI is InChI=1S/C23H35N3O6/c1-15(18(4)27)24-23(19-7-9-20(28)10-8-19)13-25(16(2)21(29)31-5)11-12-26(14-23)17(3)22(30)32-6/h7-10,15-17,24,28H,11-14H2,1-6H3/t15-,16-,17+,23?/m1/s1. The van der Waals surface area contributed by atoms with Crippen LogP contribution in [0.15, 0.2) is 24.3 Å². The van der Waals surface area contributed by atoms with Crippen LogP contribution in [0.25, 0.3) is 0 Å². The number of aromatic hydroxyl groups is 1. The Hall–Kier alpha value is -2.49. The molecule has 1 unspecified atom stereocenters. The molecule has 9 nitrogen and oxygen atoms in total. The monoisotopic (exact) mass is 449 g/mol. The van der Waals surface area contributed by atoms with Gasteiger partial charge in [0.15, 0.2) is 0 Å². The molecule has 2 rings (SSSR count). The molecule has 0 radical (unpaired) electrons. The van der Waals surface area contributed by atoms with Crippen LogP contribution in [0.1, 0.15) is 33.3 Å². The lowest BCUT2D eigenvalue weighted by Gasteiger charge is -2.42. The first-order chi connectivity index (χ1) is 15.0. The van der Waals surface area contributed by atoms with Gasteiger partial charge in [-0.3, -0.25) is 29.5 Å². The summed E-state index contributed by atoms with van der Waals surface area (Å²) in [6.45, 7) is 8.65. The number of Topliss-reactive ketones (excluding diaryl/α,β-unsaturated/α-hetero) is 1. The van der Waals surface area contributed by atoms with E-state index in [1.165, 1.54) is 21.1 Å². The second-order valence-corrected chi connectivity index (χ2v) is 8.44. The number of hydrogen-bond acceptors (Lipinski definition) is 9. The van der Waals surface area contributed by atoms with Crippen LogP contribution in [0.2, 0.25) is 0 Å². The fraction of sp³-hybridized carbons (Fsp3) is 0.609. The van der Waals surface area contributed by atoms with Gasteiger partial charge in [-0.05, 0) is 45.4 Å². The van der Waals surface area contributed by atoms with Crippen molar-refractivity contribution in [2.45, 2.75) is 51.4 Å². The van der Waals surface area contributed by atoms with E-state index in [9.17, 15) is 19.5 Å². The van der Waals surface area contributed by atoms with Crippen LogP contribution in [0.5, 0.6) is 5.75 Å². The molecule has 1 fully saturated rings. The molecule has 1 heterocycles. The number of carbonyl (C=O) groups is 3. The lowest BCUT2D eigenvalue weighted by molar-refractivity contribution is -0.147. The molecule has 0 bridgehead atoms. The number of carbonyl (C=O) groups excluding carboxylic acids is 3. The summed E-state index contributed by atoms with van der Waals surface area (Å²) < 4.78 is 9.94. The van der Waals surface area contributed by atoms with Crippen molar-refractivity contribution in [3.63, 3.8) is 0 Å². The van der Waals surface area contributed by atoms with Gasteiger partial charge in [0.1, 0.15) is 23.6 Å². The van der Waals surface area contributed by atoms with Crippen LogP contribution >= 0.6 is 0 Å². The van der Waals surface area contributed by atoms with Gasteiger partial charge in [0.2, 0.25) is 0 Å². The molecule has 0 spiro atoms. The maximum atomic E-state index is 12.4. The zero-order chi connectivity index (χ0) is 24.1. The lowest BCUT2D eigenvalue weighted by Crippen LogP contribution is -2.60. The Morgan fingerprint density at radius 3 is 1.75 bits per heavy atom. The van der Waals surface area contributed by atoms with Crippen molar-refractivity contribution >= 4 is 17.7 Å². The first kappa shape index (κ1) is 25.8. The summed E-state index contributed by atoms with van der Waals surface area (Å²) >= 11 is 0. The number of rotatable bonds is 8. The van der Waals surface area contributed by atoms with Crippen LogP contribution in [0, 0.1) is 0 Å². The number of phenols is 1. The van der Waals surface area contributed by atoms with Crippen molar-refractivity contribution in [1.29, 1.82) is 0 Å². The fourth-order valence-corrected chi connectivity index (χ4v) is 4.11. The van der Waals surface area contributed by atoms with E-state index in [0.717, 1.165) is 5.56 Å². The van der Waals surface area contributed by atoms with E-state index in [2.05, 4.69) is 5.32 Å². The van der Waals surface area contributed by atoms with E-state index in [1.807, 2.05) is 9.80 Å². The van der Waals surface area contributed by atoms with Gasteiger partial charge in [-0.25, -0.2) is 0 Å². The summed E-state index contributed by atoms with van der Waals surface area (Å²) in [7, 11) is 2.71. The smallest absolute Gasteiger partial charge is 0.322 e. The van der Waals surface area contributed by atoms with Crippen molar-refractivity contribution in [3.8, 4) is 5.75 Å². The summed E-state index contributed by atoms with van der Waals surface area (Å²) in [5.41, 5.74) is 0.00858. The van der Waals surface area contributed by atoms with Crippen molar-refractivity contribution in [1.82, 2.24) is 15.1 Å². The third kappa shape index (κ3) is 5.85. The first-order valence-electron chi connectivity index (χ1n) is 10.8. The zero-order valence-electron chi connectivity index (χ0n) is 19.8. The highest BCUT2D eigenvalue weighted by molar-refractivity contribution is 5.81. The summed E-state index contributed by atoms with van der Waals surface area (Å²) in [6, 6.07) is 5.23. The molecule has 1 aromatic carbocycles. The van der Waals surface area contributed by atoms with Crippen molar-refractivity contribution in [2.75, 3.05) is 40.4 Å². The van der Waals surface area contributed by atoms with Crippen molar-refractivity contribution < 1.29 is 29.0 Å². The molecule has 1 aromatic rings. The summed E-state index contributed by atoms with van der Waals surface area (Å²) in [5, 5.41) is 13.3. The second-order valence-electron chi connectivity index (χ2n) is 8.44. The Morgan fingerprint density at radius 1 is 0.938 bits per heavy atom. The van der Waals surface area contributed by atoms with Gasteiger partial charge in [0.25, 0.3) is 0 Å². The van der Waals surface area contributed by atoms with Crippen LogP contribution in [-0.2, 0) is 29.4 Å². The minimum atomic E-state index is -0.820. The molecule has 1 aliphatic rings. The fourth-order valence-electron chi connectivity index (χ4n) is 4.11. The number of nitrogens with zero attached hydrogens (tertiary/aromatic N) is 2. The van der Waals surface area contributed by atoms with Crippen molar-refractivity contribution in [3.05, 3.63) is 29.8 Å². The highest BCUT2D eigenvalue weighted by Gasteiger charge is 2.43. The Labute approximate surface area is 189 Å². The largest absolute Gasteiger partial charge is 0.508 e.